The number of hydrogen-bond acceptors (Lipinski definition) is 4. The molecule has 5 nitrogen and oxygen atoms in total. The van der Waals surface area contributed by atoms with Crippen LogP contribution in [0.1, 0.15) is 36.1 Å². The van der Waals surface area contributed by atoms with Crippen LogP contribution in [0.3, 0.4) is 0 Å². The van der Waals surface area contributed by atoms with Gasteiger partial charge in [-0.05, 0) is 55.7 Å². The summed E-state index contributed by atoms with van der Waals surface area (Å²) >= 11 is 0. The van der Waals surface area contributed by atoms with Crippen molar-refractivity contribution in [2.45, 2.75) is 57.0 Å². The maximum atomic E-state index is 13.4. The third-order valence-electron chi connectivity index (χ3n) is 5.32. The van der Waals surface area contributed by atoms with E-state index in [1.807, 2.05) is 16.9 Å². The minimum Gasteiger partial charge on any atom is -0.391 e. The lowest BCUT2D eigenvalue weighted by Gasteiger charge is -2.20. The average Bonchev–Trinajstić information content (AvgIpc) is 3.28. The molecule has 2 aliphatic carbocycles. The first-order valence-electron chi connectivity index (χ1n) is 8.92. The fraction of sp³-hybridized carbons (Fsp3) is 0.556. The van der Waals surface area contributed by atoms with Crippen LogP contribution in [-0.4, -0.2) is 32.0 Å². The summed E-state index contributed by atoms with van der Waals surface area (Å²) in [6.45, 7) is 0.688. The van der Waals surface area contributed by atoms with Gasteiger partial charge >= 0.3 is 6.18 Å². The van der Waals surface area contributed by atoms with Crippen LogP contribution in [0.15, 0.2) is 24.5 Å². The topological polar surface area (TPSA) is 63.0 Å². The number of nitrogens with zero attached hydrogens (tertiary/aromatic N) is 3. The Morgan fingerprint density at radius 2 is 2.12 bits per heavy atom. The third-order valence-corrected chi connectivity index (χ3v) is 5.32. The van der Waals surface area contributed by atoms with Crippen LogP contribution >= 0.6 is 0 Å². The van der Waals surface area contributed by atoms with Crippen LogP contribution in [-0.2, 0) is 25.6 Å². The third kappa shape index (κ3) is 3.42. The van der Waals surface area contributed by atoms with Crippen molar-refractivity contribution in [2.75, 3.05) is 5.32 Å². The highest BCUT2D eigenvalue weighted by Crippen LogP contribution is 2.38. The predicted octanol–water partition coefficient (Wildman–Crippen LogP) is 3.04. The molecule has 2 aliphatic rings. The van der Waals surface area contributed by atoms with Crippen molar-refractivity contribution >= 4 is 5.82 Å². The predicted molar refractivity (Wildman–Crippen MR) is 89.6 cm³/mol. The summed E-state index contributed by atoms with van der Waals surface area (Å²) in [4.78, 5) is 4.39. The van der Waals surface area contributed by atoms with Crippen LogP contribution < -0.4 is 5.32 Å². The molecule has 0 bridgehead atoms. The van der Waals surface area contributed by atoms with E-state index in [1.165, 1.54) is 0 Å². The van der Waals surface area contributed by atoms with Gasteiger partial charge in [-0.2, -0.15) is 18.3 Å². The first-order valence-corrected chi connectivity index (χ1v) is 8.92. The second-order valence-electron chi connectivity index (χ2n) is 7.22. The molecule has 0 aromatic carbocycles. The first kappa shape index (κ1) is 17.3. The highest BCUT2D eigenvalue weighted by molar-refractivity contribution is 5.48. The number of halogens is 3. The maximum absolute atomic E-state index is 13.4. The number of fused-ring (bicyclic) bond motifs is 1. The Balaban J connectivity index is 1.50. The number of aryl methyl sites for hydroxylation is 1. The molecule has 2 N–H and O–H groups in total. The van der Waals surface area contributed by atoms with Gasteiger partial charge in [0.2, 0.25) is 0 Å². The minimum atomic E-state index is -4.38. The SMILES string of the molecule is O[C@@H]1CC(Cn2cccn2)C[C@H]1Nc1cc(C(F)(F)F)c2c(n1)CCC2. The van der Waals surface area contributed by atoms with Gasteiger partial charge in [0.25, 0.3) is 0 Å². The molecule has 2 aromatic heterocycles. The number of alkyl halides is 3. The summed E-state index contributed by atoms with van der Waals surface area (Å²) in [5.74, 6) is 0.431. The number of anilines is 1. The molecule has 0 spiro atoms. The van der Waals surface area contributed by atoms with Crippen LogP contribution in [0, 0.1) is 5.92 Å². The molecule has 3 atom stereocenters. The van der Waals surface area contributed by atoms with Gasteiger partial charge in [0.05, 0.1) is 17.7 Å². The van der Waals surface area contributed by atoms with Crippen molar-refractivity contribution < 1.29 is 18.3 Å². The second kappa shape index (κ2) is 6.57. The molecule has 4 rings (SSSR count). The molecule has 1 unspecified atom stereocenters. The van der Waals surface area contributed by atoms with Gasteiger partial charge in [0.1, 0.15) is 5.82 Å². The quantitative estimate of drug-likeness (QED) is 0.873. The van der Waals surface area contributed by atoms with E-state index in [1.54, 1.807) is 6.20 Å². The fourth-order valence-electron chi connectivity index (χ4n) is 4.16. The molecule has 26 heavy (non-hydrogen) atoms. The fourth-order valence-corrected chi connectivity index (χ4v) is 4.16. The Labute approximate surface area is 149 Å². The number of hydrogen-bond donors (Lipinski definition) is 2. The first-order chi connectivity index (χ1) is 12.4. The van der Waals surface area contributed by atoms with Crippen molar-refractivity contribution in [3.63, 3.8) is 0 Å². The monoisotopic (exact) mass is 366 g/mol. The Bertz CT molecular complexity index is 775. The van der Waals surface area contributed by atoms with Gasteiger partial charge in [-0.3, -0.25) is 4.68 Å². The van der Waals surface area contributed by atoms with Gasteiger partial charge < -0.3 is 10.4 Å². The van der Waals surface area contributed by atoms with Gasteiger partial charge in [-0.15, -0.1) is 0 Å². The zero-order valence-corrected chi connectivity index (χ0v) is 14.2. The number of aliphatic hydroxyl groups excluding tert-OH is 1. The van der Waals surface area contributed by atoms with E-state index in [0.29, 0.717) is 49.9 Å². The van der Waals surface area contributed by atoms with Gasteiger partial charge in [-0.25, -0.2) is 4.98 Å². The molecule has 8 heteroatoms. The van der Waals surface area contributed by atoms with Crippen LogP contribution in [0.4, 0.5) is 19.0 Å². The lowest BCUT2D eigenvalue weighted by molar-refractivity contribution is -0.138. The Morgan fingerprint density at radius 3 is 2.85 bits per heavy atom. The van der Waals surface area contributed by atoms with Crippen LogP contribution in [0.25, 0.3) is 0 Å². The summed E-state index contributed by atoms with van der Waals surface area (Å²) in [5, 5.41) is 17.6. The Kier molecular flexibility index (Phi) is 4.38. The average molecular weight is 366 g/mol. The van der Waals surface area contributed by atoms with Crippen molar-refractivity contribution in [1.29, 1.82) is 0 Å². The van der Waals surface area contributed by atoms with Crippen molar-refractivity contribution in [1.82, 2.24) is 14.8 Å². The molecule has 0 saturated heterocycles. The Hall–Kier alpha value is -2.09. The molecule has 0 radical (unpaired) electrons. The van der Waals surface area contributed by atoms with E-state index in [9.17, 15) is 18.3 Å². The normalized spacial score (nSPS) is 25.5. The van der Waals surface area contributed by atoms with E-state index in [2.05, 4.69) is 15.4 Å². The van der Waals surface area contributed by atoms with E-state index >= 15 is 0 Å². The summed E-state index contributed by atoms with van der Waals surface area (Å²) < 4.78 is 41.9. The highest BCUT2D eigenvalue weighted by Gasteiger charge is 2.38. The number of aromatic nitrogens is 3. The van der Waals surface area contributed by atoms with E-state index in [4.69, 9.17) is 0 Å². The smallest absolute Gasteiger partial charge is 0.391 e. The molecule has 0 aliphatic heterocycles. The molecule has 2 aromatic rings. The van der Waals surface area contributed by atoms with Crippen LogP contribution in [0.2, 0.25) is 0 Å². The maximum Gasteiger partial charge on any atom is 0.416 e. The zero-order chi connectivity index (χ0) is 18.3. The van der Waals surface area contributed by atoms with Crippen LogP contribution in [0.5, 0.6) is 0 Å². The number of nitrogens with one attached hydrogen (secondary N) is 1. The van der Waals surface area contributed by atoms with E-state index in [-0.39, 0.29) is 17.8 Å². The molecule has 0 amide bonds. The minimum absolute atomic E-state index is 0.210. The number of pyridine rings is 1. The summed E-state index contributed by atoms with van der Waals surface area (Å²) in [6.07, 6.45) is 1.53. The highest BCUT2D eigenvalue weighted by atomic mass is 19.4. The molecular formula is C18H21F3N4O. The molecule has 140 valence electrons. The van der Waals surface area contributed by atoms with E-state index in [0.717, 1.165) is 6.07 Å². The summed E-state index contributed by atoms with van der Waals surface area (Å²) in [6, 6.07) is 2.63. The van der Waals surface area contributed by atoms with Crippen molar-refractivity contribution in [3.8, 4) is 0 Å². The van der Waals surface area contributed by atoms with Gasteiger partial charge in [-0.1, -0.05) is 0 Å². The van der Waals surface area contributed by atoms with Crippen molar-refractivity contribution in [2.24, 2.45) is 5.92 Å². The van der Waals surface area contributed by atoms with Gasteiger partial charge in [0.15, 0.2) is 0 Å². The second-order valence-corrected chi connectivity index (χ2v) is 7.22. The standard InChI is InChI=1S/C18H21F3N4O/c19-18(20,21)13-9-17(23-14-4-1-3-12(13)14)24-15-7-11(8-16(15)26)10-25-6-2-5-22-25/h2,5-6,9,11,15-16,26H,1,3-4,7-8,10H2,(H,23,24)/t11?,15-,16-/m1/s1. The summed E-state index contributed by atoms with van der Waals surface area (Å²) in [5.41, 5.74) is 0.262. The Morgan fingerprint density at radius 1 is 1.27 bits per heavy atom. The molecule has 1 saturated carbocycles. The number of rotatable bonds is 4. The largest absolute Gasteiger partial charge is 0.416 e. The zero-order valence-electron chi connectivity index (χ0n) is 14.2. The summed E-state index contributed by atoms with van der Waals surface area (Å²) in [7, 11) is 0. The lowest BCUT2D eigenvalue weighted by Crippen LogP contribution is -2.29. The van der Waals surface area contributed by atoms with Gasteiger partial charge in [0, 0.05) is 24.6 Å². The molecule has 2 heterocycles. The molecule has 1 fully saturated rings. The lowest BCUT2D eigenvalue weighted by atomic mass is 10.1. The van der Waals surface area contributed by atoms with Crippen molar-refractivity contribution in [3.05, 3.63) is 41.3 Å². The van der Waals surface area contributed by atoms with E-state index < -0.39 is 17.8 Å². The number of aliphatic hydroxyl groups is 1. The molecular weight excluding hydrogens is 345 g/mol.